The van der Waals surface area contributed by atoms with E-state index in [1.165, 1.54) is 25.7 Å². The van der Waals surface area contributed by atoms with Crippen LogP contribution in [0.2, 0.25) is 0 Å². The Bertz CT molecular complexity index is 312. The Morgan fingerprint density at radius 2 is 1.69 bits per heavy atom. The molecule has 1 saturated heterocycles. The minimum Gasteiger partial charge on any atom is -0.296 e. The molecule has 2 heterocycles. The molecule has 3 nitrogen and oxygen atoms in total. The first-order chi connectivity index (χ1) is 7.77. The molecule has 3 heteroatoms. The quantitative estimate of drug-likeness (QED) is 0.764. The van der Waals surface area contributed by atoms with E-state index in [4.69, 9.17) is 0 Å². The van der Waals surface area contributed by atoms with E-state index in [0.29, 0.717) is 0 Å². The average molecular weight is 218 g/mol. The smallest absolute Gasteiger partial charge is 0.125 e. The van der Waals surface area contributed by atoms with Gasteiger partial charge in [-0.2, -0.15) is 0 Å². The zero-order valence-electron chi connectivity index (χ0n) is 10.0. The first-order valence-corrected chi connectivity index (χ1v) is 6.13. The second-order valence-electron chi connectivity index (χ2n) is 4.53. The van der Waals surface area contributed by atoms with Gasteiger partial charge in [0.1, 0.15) is 5.82 Å². The van der Waals surface area contributed by atoms with Gasteiger partial charge in [-0.25, -0.2) is 9.97 Å². The zero-order valence-corrected chi connectivity index (χ0v) is 10.0. The Morgan fingerprint density at radius 1 is 1.12 bits per heavy atom. The van der Waals surface area contributed by atoms with Crippen LogP contribution < -0.4 is 0 Å². The van der Waals surface area contributed by atoms with Crippen LogP contribution in [0.25, 0.3) is 0 Å². The van der Waals surface area contributed by atoms with Gasteiger partial charge in [0.2, 0.25) is 0 Å². The van der Waals surface area contributed by atoms with Gasteiger partial charge in [0.25, 0.3) is 0 Å². The first kappa shape index (κ1) is 11.5. The minimum absolute atomic E-state index is 0.207. The summed E-state index contributed by atoms with van der Waals surface area (Å²) in [5, 5.41) is 0. The number of rotatable bonds is 2. The fourth-order valence-corrected chi connectivity index (χ4v) is 2.19. The highest BCUT2D eigenvalue weighted by Crippen LogP contribution is 2.22. The van der Waals surface area contributed by atoms with Crippen molar-refractivity contribution in [1.29, 1.82) is 0 Å². The Labute approximate surface area is 97.9 Å². The molecule has 16 heavy (non-hydrogen) atoms. The summed E-state index contributed by atoms with van der Waals surface area (Å²) in [6.07, 6.45) is 9.11. The minimum atomic E-state index is 0.207. The van der Waals surface area contributed by atoms with Crippen LogP contribution in [-0.4, -0.2) is 28.0 Å². The normalized spacial score (nSPS) is 20.4. The van der Waals surface area contributed by atoms with Gasteiger partial charge in [0, 0.05) is 24.0 Å². The molecule has 1 aromatic rings. The lowest BCUT2D eigenvalue weighted by Gasteiger charge is -2.27. The van der Waals surface area contributed by atoms with Gasteiger partial charge >= 0.3 is 0 Å². The molecule has 0 spiro atoms. The topological polar surface area (TPSA) is 29.0 Å². The van der Waals surface area contributed by atoms with E-state index in [-0.39, 0.29) is 6.04 Å². The molecule has 0 amide bonds. The maximum atomic E-state index is 4.25. The standard InChI is InChI=1S/C13H20N3/c1-11(13-9-14-12(2)15-10-13)16-7-5-3-4-6-8-16/h9-11H,1,3-8H2,2H3. The third-order valence-corrected chi connectivity index (χ3v) is 3.27. The number of nitrogens with zero attached hydrogens (tertiary/aromatic N) is 3. The highest BCUT2D eigenvalue weighted by atomic mass is 15.1. The van der Waals surface area contributed by atoms with Crippen LogP contribution in [0, 0.1) is 13.8 Å². The van der Waals surface area contributed by atoms with Gasteiger partial charge < -0.3 is 0 Å². The van der Waals surface area contributed by atoms with Gasteiger partial charge in [-0.1, -0.05) is 12.8 Å². The molecular weight excluding hydrogens is 198 g/mol. The monoisotopic (exact) mass is 218 g/mol. The molecule has 1 aliphatic heterocycles. The number of aromatic nitrogens is 2. The lowest BCUT2D eigenvalue weighted by molar-refractivity contribution is 0.238. The molecule has 1 aromatic heterocycles. The summed E-state index contributed by atoms with van der Waals surface area (Å²) >= 11 is 0. The van der Waals surface area contributed by atoms with Crippen molar-refractivity contribution in [3.8, 4) is 0 Å². The number of hydrogen-bond donors (Lipinski definition) is 0. The molecule has 0 aromatic carbocycles. The number of likely N-dealkylation sites (tertiary alicyclic amines) is 1. The average Bonchev–Trinajstić information content (AvgIpc) is 2.57. The molecule has 1 aliphatic rings. The fraction of sp³-hybridized carbons (Fsp3) is 0.615. The lowest BCUT2D eigenvalue weighted by atomic mass is 10.1. The van der Waals surface area contributed by atoms with Crippen LogP contribution in [0.1, 0.15) is 43.1 Å². The van der Waals surface area contributed by atoms with Crippen LogP contribution in [0.4, 0.5) is 0 Å². The molecule has 0 N–H and O–H groups in total. The molecule has 0 saturated carbocycles. The Morgan fingerprint density at radius 3 is 2.25 bits per heavy atom. The van der Waals surface area contributed by atoms with Gasteiger partial charge in [-0.05, 0) is 39.8 Å². The Hall–Kier alpha value is -0.960. The van der Waals surface area contributed by atoms with Crippen LogP contribution >= 0.6 is 0 Å². The maximum Gasteiger partial charge on any atom is 0.125 e. The number of hydrogen-bond acceptors (Lipinski definition) is 3. The van der Waals surface area contributed by atoms with Crippen molar-refractivity contribution < 1.29 is 0 Å². The van der Waals surface area contributed by atoms with E-state index in [9.17, 15) is 0 Å². The molecule has 1 atom stereocenters. The summed E-state index contributed by atoms with van der Waals surface area (Å²) in [5.41, 5.74) is 1.13. The first-order valence-electron chi connectivity index (χ1n) is 6.13. The van der Waals surface area contributed by atoms with Gasteiger partial charge in [0.15, 0.2) is 0 Å². The summed E-state index contributed by atoms with van der Waals surface area (Å²) in [6.45, 7) is 8.47. The van der Waals surface area contributed by atoms with Crippen molar-refractivity contribution in [2.24, 2.45) is 0 Å². The second-order valence-corrected chi connectivity index (χ2v) is 4.53. The van der Waals surface area contributed by atoms with Crippen LogP contribution in [0.5, 0.6) is 0 Å². The summed E-state index contributed by atoms with van der Waals surface area (Å²) in [7, 11) is 0. The number of aryl methyl sites for hydroxylation is 1. The highest BCUT2D eigenvalue weighted by Gasteiger charge is 2.17. The van der Waals surface area contributed by atoms with E-state index >= 15 is 0 Å². The summed E-state index contributed by atoms with van der Waals surface area (Å²) < 4.78 is 0. The predicted octanol–water partition coefficient (Wildman–Crippen LogP) is 2.54. The predicted molar refractivity (Wildman–Crippen MR) is 64.9 cm³/mol. The summed E-state index contributed by atoms with van der Waals surface area (Å²) in [6, 6.07) is 0.207. The lowest BCUT2D eigenvalue weighted by Crippen LogP contribution is -2.28. The van der Waals surface area contributed by atoms with E-state index in [1.54, 1.807) is 0 Å². The van der Waals surface area contributed by atoms with Gasteiger partial charge in [0.05, 0.1) is 0 Å². The molecule has 1 fully saturated rings. The van der Waals surface area contributed by atoms with Gasteiger partial charge in [-0.3, -0.25) is 4.90 Å². The van der Waals surface area contributed by atoms with Crippen molar-refractivity contribution in [3.63, 3.8) is 0 Å². The van der Waals surface area contributed by atoms with E-state index in [2.05, 4.69) is 21.8 Å². The third kappa shape index (κ3) is 2.79. The molecule has 87 valence electrons. The van der Waals surface area contributed by atoms with Crippen LogP contribution in [-0.2, 0) is 0 Å². The zero-order chi connectivity index (χ0) is 11.4. The van der Waals surface area contributed by atoms with Crippen molar-refractivity contribution in [2.75, 3.05) is 13.1 Å². The molecular formula is C13H20N3. The molecule has 2 rings (SSSR count). The fourth-order valence-electron chi connectivity index (χ4n) is 2.19. The summed E-state index contributed by atoms with van der Waals surface area (Å²) in [4.78, 5) is 10.9. The molecule has 0 bridgehead atoms. The van der Waals surface area contributed by atoms with Crippen LogP contribution in [0.15, 0.2) is 12.4 Å². The van der Waals surface area contributed by atoms with Crippen LogP contribution in [0.3, 0.4) is 0 Å². The SMILES string of the molecule is [CH2]C(c1cnc(C)nc1)N1CCCCCC1. The Kier molecular flexibility index (Phi) is 3.88. The van der Waals surface area contributed by atoms with Crippen molar-refractivity contribution >= 4 is 0 Å². The van der Waals surface area contributed by atoms with Gasteiger partial charge in [-0.15, -0.1) is 0 Å². The largest absolute Gasteiger partial charge is 0.296 e. The molecule has 1 unspecified atom stereocenters. The summed E-state index contributed by atoms with van der Waals surface area (Å²) in [5.74, 6) is 0.826. The van der Waals surface area contributed by atoms with E-state index in [0.717, 1.165) is 24.5 Å². The Balaban J connectivity index is 2.04. The molecule has 1 radical (unpaired) electrons. The van der Waals surface area contributed by atoms with Crippen molar-refractivity contribution in [1.82, 2.24) is 14.9 Å². The van der Waals surface area contributed by atoms with Crippen molar-refractivity contribution in [3.05, 3.63) is 30.7 Å². The van der Waals surface area contributed by atoms with E-state index < -0.39 is 0 Å². The van der Waals surface area contributed by atoms with Crippen molar-refractivity contribution in [2.45, 2.75) is 38.6 Å². The highest BCUT2D eigenvalue weighted by molar-refractivity contribution is 5.12. The second kappa shape index (κ2) is 5.39. The molecule has 0 aliphatic carbocycles. The van der Waals surface area contributed by atoms with E-state index in [1.807, 2.05) is 19.3 Å². The third-order valence-electron chi connectivity index (χ3n) is 3.27. The maximum absolute atomic E-state index is 4.25.